The van der Waals surface area contributed by atoms with Crippen molar-refractivity contribution in [2.24, 2.45) is 0 Å². The number of esters is 1. The van der Waals surface area contributed by atoms with Gasteiger partial charge in [0.2, 0.25) is 0 Å². The molecule has 0 amide bonds. The number of halogens is 3. The number of hydrogen-bond donors (Lipinski definition) is 0. The molecule has 1 aromatic rings. The molecule has 1 unspecified atom stereocenters. The largest absolute Gasteiger partial charge is 0.468 e. The van der Waals surface area contributed by atoms with Crippen LogP contribution in [0.5, 0.6) is 0 Å². The van der Waals surface area contributed by atoms with Gasteiger partial charge < -0.3 is 4.74 Å². The van der Waals surface area contributed by atoms with Crippen LogP contribution in [0.2, 0.25) is 5.02 Å². The van der Waals surface area contributed by atoms with Gasteiger partial charge in [-0.3, -0.25) is 4.79 Å². The van der Waals surface area contributed by atoms with Crippen LogP contribution < -0.4 is 0 Å². The second-order valence-corrected chi connectivity index (χ2v) is 5.06. The zero-order chi connectivity index (χ0) is 13.0. The number of rotatable bonds is 4. The van der Waals surface area contributed by atoms with Gasteiger partial charge in [0, 0.05) is 10.5 Å². The van der Waals surface area contributed by atoms with Crippen molar-refractivity contribution in [1.29, 1.82) is 0 Å². The van der Waals surface area contributed by atoms with Crippen LogP contribution in [0.4, 0.5) is 8.78 Å². The van der Waals surface area contributed by atoms with Gasteiger partial charge in [-0.05, 0) is 19.1 Å². The van der Waals surface area contributed by atoms with E-state index < -0.39 is 11.7 Å². The quantitative estimate of drug-likeness (QED) is 0.617. The Hall–Kier alpha value is -0.810. The van der Waals surface area contributed by atoms with Gasteiger partial charge in [-0.25, -0.2) is 8.78 Å². The minimum Gasteiger partial charge on any atom is -0.468 e. The normalized spacial score (nSPS) is 12.6. The monoisotopic (exact) mass is 280 g/mol. The van der Waals surface area contributed by atoms with E-state index >= 15 is 0 Å². The van der Waals surface area contributed by atoms with Gasteiger partial charge in [0.1, 0.15) is 5.25 Å². The van der Waals surface area contributed by atoms with Crippen LogP contribution in [-0.2, 0) is 9.53 Å². The van der Waals surface area contributed by atoms with E-state index in [1.807, 2.05) is 0 Å². The second-order valence-electron chi connectivity index (χ2n) is 3.27. The Morgan fingerprint density at radius 2 is 2.12 bits per heavy atom. The zero-order valence-electron chi connectivity index (χ0n) is 9.25. The lowest BCUT2D eigenvalue weighted by molar-refractivity contribution is -0.139. The van der Waals surface area contributed by atoms with Crippen molar-refractivity contribution in [2.45, 2.75) is 23.5 Å². The van der Waals surface area contributed by atoms with Crippen LogP contribution in [0.15, 0.2) is 23.1 Å². The van der Waals surface area contributed by atoms with Crippen molar-refractivity contribution in [3.63, 3.8) is 0 Å². The van der Waals surface area contributed by atoms with Gasteiger partial charge >= 0.3 is 5.97 Å². The second kappa shape index (κ2) is 6.21. The standard InChI is InChI=1S/C11H11ClF2O2S/c1-6(11(15)16-2)17-9-4-3-7(10(13)14)5-8(9)12/h3-6,10H,1-2H3. The highest BCUT2D eigenvalue weighted by atomic mass is 35.5. The minimum atomic E-state index is -2.55. The Morgan fingerprint density at radius 1 is 1.47 bits per heavy atom. The number of thioether (sulfide) groups is 1. The first-order valence-corrected chi connectivity index (χ1v) is 6.03. The zero-order valence-corrected chi connectivity index (χ0v) is 10.8. The molecule has 2 nitrogen and oxygen atoms in total. The fourth-order valence-corrected chi connectivity index (χ4v) is 2.37. The first-order valence-electron chi connectivity index (χ1n) is 4.77. The molecule has 0 bridgehead atoms. The molecule has 0 fully saturated rings. The summed E-state index contributed by atoms with van der Waals surface area (Å²) in [7, 11) is 1.29. The molecule has 0 saturated carbocycles. The minimum absolute atomic E-state index is 0.134. The fraction of sp³-hybridized carbons (Fsp3) is 0.364. The van der Waals surface area contributed by atoms with Crippen LogP contribution in [-0.4, -0.2) is 18.3 Å². The summed E-state index contributed by atoms with van der Waals surface area (Å²) in [5.41, 5.74) is -0.134. The highest BCUT2D eigenvalue weighted by Gasteiger charge is 2.17. The predicted molar refractivity (Wildman–Crippen MR) is 63.7 cm³/mol. The molecule has 0 heterocycles. The topological polar surface area (TPSA) is 26.3 Å². The van der Waals surface area contributed by atoms with E-state index in [0.29, 0.717) is 4.90 Å². The van der Waals surface area contributed by atoms with Crippen LogP contribution in [0, 0.1) is 0 Å². The Bertz CT molecular complexity index is 412. The predicted octanol–water partition coefficient (Wildman–Crippen LogP) is 3.93. The van der Waals surface area contributed by atoms with Gasteiger partial charge in [0.05, 0.1) is 12.1 Å². The molecule has 1 rings (SSSR count). The summed E-state index contributed by atoms with van der Waals surface area (Å²) in [6.45, 7) is 1.66. The summed E-state index contributed by atoms with van der Waals surface area (Å²) >= 11 is 7.03. The molecule has 0 aromatic heterocycles. The number of alkyl halides is 2. The maximum Gasteiger partial charge on any atom is 0.318 e. The number of methoxy groups -OCH3 is 1. The first kappa shape index (κ1) is 14.3. The van der Waals surface area contributed by atoms with Crippen molar-refractivity contribution in [3.8, 4) is 0 Å². The summed E-state index contributed by atoms with van der Waals surface area (Å²) in [5.74, 6) is -0.385. The Kier molecular flexibility index (Phi) is 5.21. The lowest BCUT2D eigenvalue weighted by Gasteiger charge is -2.10. The van der Waals surface area contributed by atoms with E-state index in [4.69, 9.17) is 11.6 Å². The molecular weight excluding hydrogens is 270 g/mol. The lowest BCUT2D eigenvalue weighted by atomic mass is 10.2. The van der Waals surface area contributed by atoms with E-state index in [9.17, 15) is 13.6 Å². The smallest absolute Gasteiger partial charge is 0.318 e. The Morgan fingerprint density at radius 3 is 2.59 bits per heavy atom. The molecule has 1 aromatic carbocycles. The molecule has 0 aliphatic heterocycles. The summed E-state index contributed by atoms with van der Waals surface area (Å²) < 4.78 is 29.3. The van der Waals surface area contributed by atoms with E-state index in [1.165, 1.54) is 37.1 Å². The van der Waals surface area contributed by atoms with Gasteiger partial charge in [0.15, 0.2) is 0 Å². The third-order valence-electron chi connectivity index (χ3n) is 2.04. The van der Waals surface area contributed by atoms with Crippen molar-refractivity contribution < 1.29 is 18.3 Å². The van der Waals surface area contributed by atoms with E-state index in [1.54, 1.807) is 6.92 Å². The number of carbonyl (C=O) groups is 1. The van der Waals surface area contributed by atoms with Gasteiger partial charge in [-0.15, -0.1) is 11.8 Å². The molecule has 0 saturated heterocycles. The summed E-state index contributed by atoms with van der Waals surface area (Å²) in [4.78, 5) is 11.8. The maximum absolute atomic E-state index is 12.4. The average Bonchev–Trinajstić information content (AvgIpc) is 2.30. The van der Waals surface area contributed by atoms with Gasteiger partial charge in [0.25, 0.3) is 6.43 Å². The number of carbonyl (C=O) groups excluding carboxylic acids is 1. The number of hydrogen-bond acceptors (Lipinski definition) is 3. The van der Waals surface area contributed by atoms with E-state index in [0.717, 1.165) is 0 Å². The van der Waals surface area contributed by atoms with Crippen LogP contribution >= 0.6 is 23.4 Å². The molecule has 0 radical (unpaired) electrons. The first-order chi connectivity index (χ1) is 7.95. The highest BCUT2D eigenvalue weighted by molar-refractivity contribution is 8.00. The van der Waals surface area contributed by atoms with Crippen LogP contribution in [0.3, 0.4) is 0 Å². The van der Waals surface area contributed by atoms with Crippen molar-refractivity contribution in [3.05, 3.63) is 28.8 Å². The van der Waals surface area contributed by atoms with E-state index in [2.05, 4.69) is 4.74 Å². The molecule has 6 heteroatoms. The van der Waals surface area contributed by atoms with Crippen LogP contribution in [0.25, 0.3) is 0 Å². The summed E-state index contributed by atoms with van der Waals surface area (Å²) in [5, 5.41) is -0.224. The third-order valence-corrected chi connectivity index (χ3v) is 3.63. The van der Waals surface area contributed by atoms with Crippen molar-refractivity contribution in [2.75, 3.05) is 7.11 Å². The molecule has 94 valence electrons. The number of benzene rings is 1. The lowest BCUT2D eigenvalue weighted by Crippen LogP contribution is -2.14. The Labute approximate surface area is 107 Å². The molecule has 0 N–H and O–H groups in total. The third kappa shape index (κ3) is 3.85. The summed E-state index contributed by atoms with van der Waals surface area (Å²) in [6, 6.07) is 3.98. The summed E-state index contributed by atoms with van der Waals surface area (Å²) in [6.07, 6.45) is -2.55. The Balaban J connectivity index is 2.83. The van der Waals surface area contributed by atoms with Crippen LogP contribution in [0.1, 0.15) is 18.9 Å². The van der Waals surface area contributed by atoms with Crippen molar-refractivity contribution >= 4 is 29.3 Å². The average molecular weight is 281 g/mol. The SMILES string of the molecule is COC(=O)C(C)Sc1ccc(C(F)F)cc1Cl. The van der Waals surface area contributed by atoms with Gasteiger partial charge in [-0.1, -0.05) is 17.7 Å². The number of ether oxygens (including phenoxy) is 1. The molecule has 17 heavy (non-hydrogen) atoms. The fourth-order valence-electron chi connectivity index (χ4n) is 1.15. The van der Waals surface area contributed by atoms with Crippen molar-refractivity contribution in [1.82, 2.24) is 0 Å². The van der Waals surface area contributed by atoms with E-state index in [-0.39, 0.29) is 16.6 Å². The molecule has 0 spiro atoms. The molecule has 0 aliphatic carbocycles. The molecular formula is C11H11ClF2O2S. The maximum atomic E-state index is 12.4. The molecule has 1 atom stereocenters. The highest BCUT2D eigenvalue weighted by Crippen LogP contribution is 2.33. The molecule has 0 aliphatic rings. The van der Waals surface area contributed by atoms with Gasteiger partial charge in [-0.2, -0.15) is 0 Å².